The molecule has 156 valence electrons. The van der Waals surface area contributed by atoms with Crippen LogP contribution in [-0.4, -0.2) is 37.7 Å². The Morgan fingerprint density at radius 3 is 2.61 bits per heavy atom. The molecule has 0 aliphatic rings. The van der Waals surface area contributed by atoms with Crippen molar-refractivity contribution >= 4 is 47.0 Å². The quantitative estimate of drug-likeness (QED) is 0.287. The maximum absolute atomic E-state index is 5.64. The minimum Gasteiger partial charge on any atom is -0.493 e. The first-order valence-corrected chi connectivity index (χ1v) is 10.2. The Morgan fingerprint density at radius 2 is 2.00 bits per heavy atom. The number of halogens is 1. The van der Waals surface area contributed by atoms with Crippen LogP contribution in [-0.2, 0) is 12.8 Å². The van der Waals surface area contributed by atoms with Crippen molar-refractivity contribution in [3.63, 3.8) is 0 Å². The van der Waals surface area contributed by atoms with Crippen molar-refractivity contribution in [2.24, 2.45) is 4.99 Å². The second kappa shape index (κ2) is 12.8. The van der Waals surface area contributed by atoms with Crippen LogP contribution in [0.4, 0.5) is 5.69 Å². The summed E-state index contributed by atoms with van der Waals surface area (Å²) >= 11 is 1.77. The third-order valence-electron chi connectivity index (χ3n) is 3.94. The van der Waals surface area contributed by atoms with Gasteiger partial charge in [0.25, 0.3) is 0 Å². The van der Waals surface area contributed by atoms with Crippen LogP contribution in [0.25, 0.3) is 0 Å². The van der Waals surface area contributed by atoms with Crippen LogP contribution in [0.5, 0.6) is 11.5 Å². The van der Waals surface area contributed by atoms with E-state index in [0.717, 1.165) is 41.8 Å². The van der Waals surface area contributed by atoms with Gasteiger partial charge in [-0.2, -0.15) is 0 Å². The molecule has 1 aromatic heterocycles. The number of rotatable bonds is 9. The molecule has 0 atom stereocenters. The maximum atomic E-state index is 5.64. The van der Waals surface area contributed by atoms with Crippen molar-refractivity contribution < 1.29 is 9.47 Å². The van der Waals surface area contributed by atoms with Gasteiger partial charge < -0.3 is 20.1 Å². The van der Waals surface area contributed by atoms with E-state index >= 15 is 0 Å². The smallest absolute Gasteiger partial charge is 0.195 e. The summed E-state index contributed by atoms with van der Waals surface area (Å²) in [5.74, 6) is 2.18. The normalized spacial score (nSPS) is 11.0. The zero-order valence-corrected chi connectivity index (χ0v) is 20.4. The number of methoxy groups -OCH3 is 1. The van der Waals surface area contributed by atoms with E-state index in [1.165, 1.54) is 10.6 Å². The fourth-order valence-corrected chi connectivity index (χ4v) is 3.66. The first kappa shape index (κ1) is 24.5. The molecule has 8 heteroatoms. The molecule has 0 spiro atoms. The average Bonchev–Trinajstić information content (AvgIpc) is 3.02. The van der Waals surface area contributed by atoms with Gasteiger partial charge in [0.2, 0.25) is 0 Å². The molecule has 2 aromatic rings. The van der Waals surface area contributed by atoms with E-state index in [1.807, 2.05) is 25.1 Å². The van der Waals surface area contributed by atoms with Gasteiger partial charge in [-0.25, -0.2) is 4.98 Å². The molecule has 0 saturated carbocycles. The van der Waals surface area contributed by atoms with Gasteiger partial charge in [0, 0.05) is 36.1 Å². The summed E-state index contributed by atoms with van der Waals surface area (Å²) < 4.78 is 11.0. The molecule has 0 bridgehead atoms. The molecule has 2 rings (SSSR count). The largest absolute Gasteiger partial charge is 0.493 e. The van der Waals surface area contributed by atoms with E-state index in [0.29, 0.717) is 18.9 Å². The van der Waals surface area contributed by atoms with Crippen LogP contribution in [0.2, 0.25) is 0 Å². The fraction of sp³-hybridized carbons (Fsp3) is 0.500. The van der Waals surface area contributed by atoms with Gasteiger partial charge in [-0.1, -0.05) is 6.92 Å². The Balaban J connectivity index is 0.00000392. The number of aliphatic imine (C=N–C) groups is 1. The number of hydrogen-bond donors (Lipinski definition) is 2. The van der Waals surface area contributed by atoms with Crippen molar-refractivity contribution in [2.75, 3.05) is 32.1 Å². The molecule has 28 heavy (non-hydrogen) atoms. The molecule has 1 heterocycles. The molecule has 0 unspecified atom stereocenters. The van der Waals surface area contributed by atoms with Crippen LogP contribution < -0.4 is 20.1 Å². The predicted molar refractivity (Wildman–Crippen MR) is 129 cm³/mol. The SMILES string of the molecule is CCNC(=NCCc1nc(CC)c(C)s1)Nc1ccc(OC)c(OCC)c1.I. The van der Waals surface area contributed by atoms with Crippen molar-refractivity contribution in [1.82, 2.24) is 10.3 Å². The Bertz CT molecular complexity index is 765. The minimum absolute atomic E-state index is 0. The molecular formula is C20H31IN4O2S. The minimum atomic E-state index is 0. The highest BCUT2D eigenvalue weighted by Crippen LogP contribution is 2.30. The molecule has 0 aliphatic carbocycles. The van der Waals surface area contributed by atoms with E-state index in [9.17, 15) is 0 Å². The molecule has 0 aliphatic heterocycles. The van der Waals surface area contributed by atoms with Gasteiger partial charge in [0.05, 0.1) is 24.4 Å². The maximum Gasteiger partial charge on any atom is 0.195 e. The Hall–Kier alpha value is -1.55. The molecule has 0 radical (unpaired) electrons. The lowest BCUT2D eigenvalue weighted by molar-refractivity contribution is 0.311. The van der Waals surface area contributed by atoms with Crippen LogP contribution in [0.15, 0.2) is 23.2 Å². The van der Waals surface area contributed by atoms with Crippen LogP contribution in [0.3, 0.4) is 0 Å². The number of aromatic nitrogens is 1. The lowest BCUT2D eigenvalue weighted by atomic mass is 10.2. The monoisotopic (exact) mass is 518 g/mol. The number of benzene rings is 1. The van der Waals surface area contributed by atoms with Crippen molar-refractivity contribution in [3.05, 3.63) is 33.8 Å². The fourth-order valence-electron chi connectivity index (χ4n) is 2.65. The molecule has 6 nitrogen and oxygen atoms in total. The van der Waals surface area contributed by atoms with Crippen molar-refractivity contribution in [2.45, 2.75) is 40.5 Å². The number of ether oxygens (including phenoxy) is 2. The third kappa shape index (κ3) is 7.12. The van der Waals surface area contributed by atoms with Gasteiger partial charge in [-0.3, -0.25) is 4.99 Å². The molecular weight excluding hydrogens is 487 g/mol. The number of nitrogens with one attached hydrogen (secondary N) is 2. The van der Waals surface area contributed by atoms with Gasteiger partial charge in [0.1, 0.15) is 0 Å². The van der Waals surface area contributed by atoms with E-state index in [1.54, 1.807) is 18.4 Å². The highest BCUT2D eigenvalue weighted by molar-refractivity contribution is 14.0. The predicted octanol–water partition coefficient (Wildman–Crippen LogP) is 4.66. The summed E-state index contributed by atoms with van der Waals surface area (Å²) in [7, 11) is 1.64. The molecule has 0 amide bonds. The lowest BCUT2D eigenvalue weighted by Gasteiger charge is -2.14. The van der Waals surface area contributed by atoms with Crippen LogP contribution in [0, 0.1) is 6.92 Å². The van der Waals surface area contributed by atoms with E-state index in [4.69, 9.17) is 9.47 Å². The molecule has 0 fully saturated rings. The molecule has 2 N–H and O–H groups in total. The average molecular weight is 518 g/mol. The van der Waals surface area contributed by atoms with Crippen molar-refractivity contribution in [3.8, 4) is 11.5 Å². The number of guanidine groups is 1. The number of aryl methyl sites for hydroxylation is 2. The second-order valence-electron chi connectivity index (χ2n) is 5.90. The summed E-state index contributed by atoms with van der Waals surface area (Å²) in [5, 5.41) is 7.75. The van der Waals surface area contributed by atoms with Crippen LogP contribution >= 0.6 is 35.3 Å². The van der Waals surface area contributed by atoms with Gasteiger partial charge in [-0.05, 0) is 39.3 Å². The van der Waals surface area contributed by atoms with Crippen molar-refractivity contribution in [1.29, 1.82) is 0 Å². The van der Waals surface area contributed by atoms with E-state index < -0.39 is 0 Å². The van der Waals surface area contributed by atoms with E-state index in [2.05, 4.69) is 41.4 Å². The lowest BCUT2D eigenvalue weighted by Crippen LogP contribution is -2.30. The van der Waals surface area contributed by atoms with Crippen LogP contribution in [0.1, 0.15) is 36.3 Å². The van der Waals surface area contributed by atoms with E-state index in [-0.39, 0.29) is 24.0 Å². The first-order chi connectivity index (χ1) is 13.1. The number of thiazole rings is 1. The third-order valence-corrected chi connectivity index (χ3v) is 5.01. The summed E-state index contributed by atoms with van der Waals surface area (Å²) in [6.45, 7) is 10.3. The summed E-state index contributed by atoms with van der Waals surface area (Å²) in [6.07, 6.45) is 1.82. The highest BCUT2D eigenvalue weighted by Gasteiger charge is 2.08. The first-order valence-electron chi connectivity index (χ1n) is 9.42. The standard InChI is InChI=1S/C20H30N4O2S.HI/c1-6-16-14(4)27-19(24-16)11-12-22-20(21-7-2)23-15-9-10-17(25-5)18(13-15)26-8-3;/h9-10,13H,6-8,11-12H2,1-5H3,(H2,21,22,23);1H. The number of nitrogens with zero attached hydrogens (tertiary/aromatic N) is 2. The topological polar surface area (TPSA) is 67.8 Å². The Labute approximate surface area is 189 Å². The summed E-state index contributed by atoms with van der Waals surface area (Å²) in [6, 6.07) is 5.76. The highest BCUT2D eigenvalue weighted by atomic mass is 127. The summed E-state index contributed by atoms with van der Waals surface area (Å²) in [4.78, 5) is 10.7. The van der Waals surface area contributed by atoms with Gasteiger partial charge in [-0.15, -0.1) is 35.3 Å². The zero-order chi connectivity index (χ0) is 19.6. The molecule has 0 saturated heterocycles. The molecule has 1 aromatic carbocycles. The number of hydrogen-bond acceptors (Lipinski definition) is 5. The Kier molecular flexibility index (Phi) is 11.2. The Morgan fingerprint density at radius 1 is 1.21 bits per heavy atom. The summed E-state index contributed by atoms with van der Waals surface area (Å²) in [5.41, 5.74) is 2.10. The van der Waals surface area contributed by atoms with Gasteiger partial charge >= 0.3 is 0 Å². The van der Waals surface area contributed by atoms with Gasteiger partial charge in [0.15, 0.2) is 17.5 Å². The second-order valence-corrected chi connectivity index (χ2v) is 7.19. The number of anilines is 1. The zero-order valence-electron chi connectivity index (χ0n) is 17.3.